The van der Waals surface area contributed by atoms with E-state index in [2.05, 4.69) is 10.4 Å². The highest BCUT2D eigenvalue weighted by Gasteiger charge is 2.20. The van der Waals surface area contributed by atoms with Crippen LogP contribution < -0.4 is 11.1 Å². The van der Waals surface area contributed by atoms with Gasteiger partial charge in [0.2, 0.25) is 0 Å². The first kappa shape index (κ1) is 13.1. The first-order valence-electron chi connectivity index (χ1n) is 6.50. The molecule has 0 aliphatic heterocycles. The normalized spacial score (nSPS) is 14.4. The summed E-state index contributed by atoms with van der Waals surface area (Å²) in [6.07, 6.45) is 5.53. The third-order valence-electron chi connectivity index (χ3n) is 3.33. The van der Waals surface area contributed by atoms with Gasteiger partial charge in [0.25, 0.3) is 5.91 Å². The molecule has 3 N–H and O–H groups in total. The molecule has 1 saturated carbocycles. The molecule has 0 unspecified atom stereocenters. The maximum atomic E-state index is 11.1. The molecule has 0 saturated heterocycles. The van der Waals surface area contributed by atoms with Gasteiger partial charge in [-0.05, 0) is 30.5 Å². The molecule has 0 radical (unpaired) electrons. The number of carbonyl (C=O) groups excluding carboxylic acids is 1. The summed E-state index contributed by atoms with van der Waals surface area (Å²) >= 11 is 6.28. The van der Waals surface area contributed by atoms with Crippen molar-refractivity contribution in [2.75, 3.05) is 0 Å². The lowest BCUT2D eigenvalue weighted by atomic mass is 10.2. The molecule has 0 atom stereocenters. The van der Waals surface area contributed by atoms with Gasteiger partial charge in [0.05, 0.1) is 17.4 Å². The molecule has 3 rings (SSSR count). The van der Waals surface area contributed by atoms with Crippen molar-refractivity contribution in [1.82, 2.24) is 15.1 Å². The number of halogens is 1. The molecule has 1 aromatic carbocycles. The number of benzene rings is 1. The zero-order valence-corrected chi connectivity index (χ0v) is 11.6. The molecule has 0 bridgehead atoms. The van der Waals surface area contributed by atoms with Crippen LogP contribution in [0.4, 0.5) is 0 Å². The molecule has 1 amide bonds. The molecule has 1 aromatic heterocycles. The number of hydrogen-bond acceptors (Lipinski definition) is 3. The second kappa shape index (κ2) is 5.26. The van der Waals surface area contributed by atoms with E-state index < -0.39 is 5.91 Å². The van der Waals surface area contributed by atoms with Gasteiger partial charge in [0.1, 0.15) is 0 Å². The van der Waals surface area contributed by atoms with E-state index in [4.69, 9.17) is 17.3 Å². The molecular formula is C14H15ClN4O. The van der Waals surface area contributed by atoms with Crippen LogP contribution in [0.2, 0.25) is 5.02 Å². The lowest BCUT2D eigenvalue weighted by Gasteiger charge is -2.08. The number of amides is 1. The van der Waals surface area contributed by atoms with Crippen LogP contribution in [0.3, 0.4) is 0 Å². The van der Waals surface area contributed by atoms with E-state index in [0.29, 0.717) is 16.6 Å². The molecule has 1 heterocycles. The minimum absolute atomic E-state index is 0.376. The van der Waals surface area contributed by atoms with Gasteiger partial charge in [-0.15, -0.1) is 0 Å². The fourth-order valence-corrected chi connectivity index (χ4v) is 2.20. The summed E-state index contributed by atoms with van der Waals surface area (Å²) in [5, 5.41) is 8.22. The Kier molecular flexibility index (Phi) is 3.46. The van der Waals surface area contributed by atoms with Crippen molar-refractivity contribution in [3.05, 3.63) is 46.7 Å². The SMILES string of the molecule is NC(=O)c1cnn(-c2ccc(CNC3CC3)c(Cl)c2)c1. The lowest BCUT2D eigenvalue weighted by Crippen LogP contribution is -2.15. The van der Waals surface area contributed by atoms with E-state index in [-0.39, 0.29) is 0 Å². The molecule has 2 aromatic rings. The third kappa shape index (κ3) is 2.84. The van der Waals surface area contributed by atoms with Crippen LogP contribution in [0.15, 0.2) is 30.6 Å². The predicted molar refractivity (Wildman–Crippen MR) is 77.0 cm³/mol. The number of hydrogen-bond donors (Lipinski definition) is 2. The minimum Gasteiger partial charge on any atom is -0.366 e. The van der Waals surface area contributed by atoms with Gasteiger partial charge in [0, 0.05) is 23.8 Å². The maximum absolute atomic E-state index is 11.1. The van der Waals surface area contributed by atoms with E-state index in [1.165, 1.54) is 19.0 Å². The highest BCUT2D eigenvalue weighted by molar-refractivity contribution is 6.31. The first-order chi connectivity index (χ1) is 9.63. The number of nitrogens with zero attached hydrogens (tertiary/aromatic N) is 2. The number of nitrogens with one attached hydrogen (secondary N) is 1. The van der Waals surface area contributed by atoms with Gasteiger partial charge in [-0.2, -0.15) is 5.10 Å². The second-order valence-corrected chi connectivity index (χ2v) is 5.38. The van der Waals surface area contributed by atoms with Crippen molar-refractivity contribution in [2.24, 2.45) is 5.73 Å². The van der Waals surface area contributed by atoms with E-state index in [1.807, 2.05) is 18.2 Å². The highest BCUT2D eigenvalue weighted by Crippen LogP contribution is 2.23. The average molecular weight is 291 g/mol. The summed E-state index contributed by atoms with van der Waals surface area (Å²) in [5.74, 6) is -0.493. The topological polar surface area (TPSA) is 72.9 Å². The van der Waals surface area contributed by atoms with Crippen molar-refractivity contribution < 1.29 is 4.79 Å². The fourth-order valence-electron chi connectivity index (χ4n) is 1.96. The van der Waals surface area contributed by atoms with Gasteiger partial charge >= 0.3 is 0 Å². The molecule has 5 nitrogen and oxygen atoms in total. The van der Waals surface area contributed by atoms with Gasteiger partial charge in [0.15, 0.2) is 0 Å². The second-order valence-electron chi connectivity index (χ2n) is 4.97. The number of aromatic nitrogens is 2. The number of nitrogens with two attached hydrogens (primary N) is 1. The smallest absolute Gasteiger partial charge is 0.251 e. The standard InChI is InChI=1S/C14H15ClN4O/c15-13-5-12(19-8-10(7-18-19)14(16)20)4-1-9(13)6-17-11-2-3-11/h1,4-5,7-8,11,17H,2-3,6H2,(H2,16,20). The fraction of sp³-hybridized carbons (Fsp3) is 0.286. The lowest BCUT2D eigenvalue weighted by molar-refractivity contribution is 0.100. The van der Waals surface area contributed by atoms with Gasteiger partial charge < -0.3 is 11.1 Å². The third-order valence-corrected chi connectivity index (χ3v) is 3.68. The molecule has 1 aliphatic carbocycles. The zero-order chi connectivity index (χ0) is 14.1. The van der Waals surface area contributed by atoms with Crippen LogP contribution in [-0.2, 0) is 6.54 Å². The van der Waals surface area contributed by atoms with Crippen LogP contribution in [0.1, 0.15) is 28.8 Å². The summed E-state index contributed by atoms with van der Waals surface area (Å²) in [6, 6.07) is 6.38. The van der Waals surface area contributed by atoms with Crippen molar-refractivity contribution in [3.8, 4) is 5.69 Å². The Labute approximate surface area is 121 Å². The zero-order valence-electron chi connectivity index (χ0n) is 10.8. The number of carbonyl (C=O) groups is 1. The van der Waals surface area contributed by atoms with Crippen LogP contribution in [-0.4, -0.2) is 21.7 Å². The monoisotopic (exact) mass is 290 g/mol. The molecule has 6 heteroatoms. The molecule has 0 spiro atoms. The van der Waals surface area contributed by atoms with Gasteiger partial charge in [-0.1, -0.05) is 17.7 Å². The average Bonchev–Trinajstić information content (AvgIpc) is 3.11. The Bertz CT molecular complexity index is 648. The van der Waals surface area contributed by atoms with Crippen molar-refractivity contribution in [3.63, 3.8) is 0 Å². The summed E-state index contributed by atoms with van der Waals surface area (Å²) < 4.78 is 1.59. The maximum Gasteiger partial charge on any atom is 0.251 e. The molecule has 1 fully saturated rings. The van der Waals surface area contributed by atoms with Crippen molar-refractivity contribution in [2.45, 2.75) is 25.4 Å². The largest absolute Gasteiger partial charge is 0.366 e. The van der Waals surface area contributed by atoms with Crippen LogP contribution >= 0.6 is 11.6 Å². The predicted octanol–water partition coefficient (Wildman–Crippen LogP) is 1.88. The summed E-state index contributed by atoms with van der Waals surface area (Å²) in [6.45, 7) is 0.773. The quantitative estimate of drug-likeness (QED) is 0.883. The Morgan fingerprint density at radius 3 is 2.90 bits per heavy atom. The Balaban J connectivity index is 1.79. The Morgan fingerprint density at radius 1 is 1.50 bits per heavy atom. The van der Waals surface area contributed by atoms with Crippen LogP contribution in [0, 0.1) is 0 Å². The van der Waals surface area contributed by atoms with Crippen LogP contribution in [0.25, 0.3) is 5.69 Å². The van der Waals surface area contributed by atoms with E-state index in [0.717, 1.165) is 17.8 Å². The Morgan fingerprint density at radius 2 is 2.30 bits per heavy atom. The van der Waals surface area contributed by atoms with Crippen LogP contribution in [0.5, 0.6) is 0 Å². The number of rotatable bonds is 5. The summed E-state index contributed by atoms with van der Waals surface area (Å²) in [7, 11) is 0. The minimum atomic E-state index is -0.493. The van der Waals surface area contributed by atoms with E-state index in [9.17, 15) is 4.79 Å². The van der Waals surface area contributed by atoms with Gasteiger partial charge in [-0.3, -0.25) is 4.79 Å². The van der Waals surface area contributed by atoms with Crippen molar-refractivity contribution >= 4 is 17.5 Å². The summed E-state index contributed by atoms with van der Waals surface area (Å²) in [4.78, 5) is 11.1. The molecular weight excluding hydrogens is 276 g/mol. The first-order valence-corrected chi connectivity index (χ1v) is 6.88. The molecule has 1 aliphatic rings. The molecule has 20 heavy (non-hydrogen) atoms. The van der Waals surface area contributed by atoms with Gasteiger partial charge in [-0.25, -0.2) is 4.68 Å². The number of primary amides is 1. The Hall–Kier alpha value is -1.85. The van der Waals surface area contributed by atoms with Crippen molar-refractivity contribution in [1.29, 1.82) is 0 Å². The van der Waals surface area contributed by atoms with E-state index in [1.54, 1.807) is 10.9 Å². The summed E-state index contributed by atoms with van der Waals surface area (Å²) in [5.41, 5.74) is 7.45. The highest BCUT2D eigenvalue weighted by atomic mass is 35.5. The molecule has 104 valence electrons. The van der Waals surface area contributed by atoms with E-state index >= 15 is 0 Å².